The van der Waals surface area contributed by atoms with Gasteiger partial charge in [0.1, 0.15) is 5.82 Å². The molecule has 6 heteroatoms. The second-order valence-electron chi connectivity index (χ2n) is 7.35. The molecule has 0 aromatic carbocycles. The Labute approximate surface area is 142 Å². The summed E-state index contributed by atoms with van der Waals surface area (Å²) in [5, 5.41) is 12.0. The van der Waals surface area contributed by atoms with Crippen LogP contribution in [0.3, 0.4) is 0 Å². The van der Waals surface area contributed by atoms with Crippen LogP contribution in [0.2, 0.25) is 5.15 Å². The number of halogens is 1. The molecule has 3 aliphatic rings. The fourth-order valence-electron chi connectivity index (χ4n) is 4.56. The maximum atomic E-state index is 5.79. The van der Waals surface area contributed by atoms with Gasteiger partial charge in [-0.25, -0.2) is 0 Å². The summed E-state index contributed by atoms with van der Waals surface area (Å²) in [7, 11) is 0. The Morgan fingerprint density at radius 1 is 1.13 bits per heavy atom. The standard InChI is InChI=1S/C17H25ClN4O/c18-16-1-2-17(21-20-16)19-15-7-13-10-22(11-14(13)8-15)9-12-3-5-23-6-4-12/h1-2,12-15H,3-11H2,(H,19,21). The van der Waals surface area contributed by atoms with E-state index in [-0.39, 0.29) is 0 Å². The third-order valence-electron chi connectivity index (χ3n) is 5.67. The van der Waals surface area contributed by atoms with Crippen LogP contribution < -0.4 is 5.32 Å². The first-order chi connectivity index (χ1) is 11.3. The summed E-state index contributed by atoms with van der Waals surface area (Å²) in [6.45, 7) is 5.73. The Morgan fingerprint density at radius 3 is 2.52 bits per heavy atom. The van der Waals surface area contributed by atoms with Gasteiger partial charge in [0.2, 0.25) is 0 Å². The van der Waals surface area contributed by atoms with Gasteiger partial charge in [-0.3, -0.25) is 0 Å². The van der Waals surface area contributed by atoms with Crippen molar-refractivity contribution in [1.29, 1.82) is 0 Å². The van der Waals surface area contributed by atoms with E-state index >= 15 is 0 Å². The third-order valence-corrected chi connectivity index (χ3v) is 5.87. The van der Waals surface area contributed by atoms with E-state index in [1.807, 2.05) is 6.07 Å². The molecular weight excluding hydrogens is 312 g/mol. The number of rotatable bonds is 4. The second kappa shape index (κ2) is 6.91. The molecule has 2 unspecified atom stereocenters. The van der Waals surface area contributed by atoms with Gasteiger partial charge < -0.3 is 15.0 Å². The molecule has 2 aliphatic heterocycles. The lowest BCUT2D eigenvalue weighted by atomic mass is 10.00. The average Bonchev–Trinajstić information content (AvgIpc) is 3.08. The molecule has 0 spiro atoms. The first-order valence-corrected chi connectivity index (χ1v) is 9.20. The van der Waals surface area contributed by atoms with Crippen LogP contribution in [0.5, 0.6) is 0 Å². The predicted molar refractivity (Wildman–Crippen MR) is 90.6 cm³/mol. The molecule has 1 saturated carbocycles. The van der Waals surface area contributed by atoms with Gasteiger partial charge in [-0.1, -0.05) is 11.6 Å². The molecule has 0 amide bonds. The summed E-state index contributed by atoms with van der Waals surface area (Å²) < 4.78 is 5.47. The van der Waals surface area contributed by atoms with Gasteiger partial charge in [-0.05, 0) is 55.6 Å². The van der Waals surface area contributed by atoms with Crippen molar-refractivity contribution < 1.29 is 4.74 Å². The van der Waals surface area contributed by atoms with Crippen LogP contribution in [-0.4, -0.2) is 54.0 Å². The topological polar surface area (TPSA) is 50.3 Å². The van der Waals surface area contributed by atoms with Gasteiger partial charge >= 0.3 is 0 Å². The molecule has 1 aromatic rings. The smallest absolute Gasteiger partial charge is 0.151 e. The van der Waals surface area contributed by atoms with E-state index in [0.717, 1.165) is 36.8 Å². The van der Waals surface area contributed by atoms with Crippen LogP contribution in [0.1, 0.15) is 25.7 Å². The maximum absolute atomic E-state index is 5.79. The molecule has 3 fully saturated rings. The zero-order valence-corrected chi connectivity index (χ0v) is 14.2. The number of nitrogens with one attached hydrogen (secondary N) is 1. The number of hydrogen-bond acceptors (Lipinski definition) is 5. The van der Waals surface area contributed by atoms with Gasteiger partial charge in [0.15, 0.2) is 5.15 Å². The number of fused-ring (bicyclic) bond motifs is 1. The van der Waals surface area contributed by atoms with Crippen molar-refractivity contribution in [2.45, 2.75) is 31.7 Å². The fourth-order valence-corrected chi connectivity index (χ4v) is 4.66. The molecular formula is C17H25ClN4O. The van der Waals surface area contributed by atoms with Crippen molar-refractivity contribution in [2.24, 2.45) is 17.8 Å². The van der Waals surface area contributed by atoms with Crippen LogP contribution in [0, 0.1) is 17.8 Å². The van der Waals surface area contributed by atoms with Gasteiger partial charge in [0, 0.05) is 38.9 Å². The Kier molecular flexibility index (Phi) is 4.69. The van der Waals surface area contributed by atoms with Gasteiger partial charge in [0.05, 0.1) is 0 Å². The summed E-state index contributed by atoms with van der Waals surface area (Å²) in [5.74, 6) is 3.37. The monoisotopic (exact) mass is 336 g/mol. The van der Waals surface area contributed by atoms with E-state index < -0.39 is 0 Å². The SMILES string of the molecule is Clc1ccc(NC2CC3CN(CC4CCOCC4)CC3C2)nn1. The minimum atomic E-state index is 0.447. The fraction of sp³-hybridized carbons (Fsp3) is 0.765. The molecule has 0 radical (unpaired) electrons. The molecule has 1 aliphatic carbocycles. The minimum Gasteiger partial charge on any atom is -0.381 e. The first-order valence-electron chi connectivity index (χ1n) is 8.82. The molecule has 0 bridgehead atoms. The Bertz CT molecular complexity index is 506. The zero-order valence-electron chi connectivity index (χ0n) is 13.5. The minimum absolute atomic E-state index is 0.447. The Morgan fingerprint density at radius 2 is 1.87 bits per heavy atom. The van der Waals surface area contributed by atoms with Crippen LogP contribution in [0.15, 0.2) is 12.1 Å². The average molecular weight is 337 g/mol. The lowest BCUT2D eigenvalue weighted by Crippen LogP contribution is -2.32. The van der Waals surface area contributed by atoms with Crippen LogP contribution >= 0.6 is 11.6 Å². The Balaban J connectivity index is 1.25. The number of aromatic nitrogens is 2. The lowest BCUT2D eigenvalue weighted by molar-refractivity contribution is 0.0545. The van der Waals surface area contributed by atoms with Gasteiger partial charge in [0.25, 0.3) is 0 Å². The van der Waals surface area contributed by atoms with Crippen LogP contribution in [0.25, 0.3) is 0 Å². The molecule has 126 valence electrons. The second-order valence-corrected chi connectivity index (χ2v) is 7.74. The predicted octanol–water partition coefficient (Wildman–Crippen LogP) is 2.68. The normalized spacial score (nSPS) is 32.1. The highest BCUT2D eigenvalue weighted by Crippen LogP contribution is 2.39. The molecule has 4 rings (SSSR count). The number of hydrogen-bond donors (Lipinski definition) is 1. The largest absolute Gasteiger partial charge is 0.381 e. The summed E-state index contributed by atoms with van der Waals surface area (Å²) in [6, 6.07) is 4.24. The number of anilines is 1. The van der Waals surface area contributed by atoms with Crippen molar-refractivity contribution in [2.75, 3.05) is 38.2 Å². The van der Waals surface area contributed by atoms with E-state index in [9.17, 15) is 0 Å². The highest BCUT2D eigenvalue weighted by atomic mass is 35.5. The first kappa shape index (κ1) is 15.6. The van der Waals surface area contributed by atoms with Gasteiger partial charge in [-0.15, -0.1) is 10.2 Å². The van der Waals surface area contributed by atoms with E-state index in [2.05, 4.69) is 20.4 Å². The van der Waals surface area contributed by atoms with Crippen molar-refractivity contribution in [3.63, 3.8) is 0 Å². The van der Waals surface area contributed by atoms with Crippen molar-refractivity contribution in [3.05, 3.63) is 17.3 Å². The Hall–Kier alpha value is -0.910. The number of likely N-dealkylation sites (tertiary alicyclic amines) is 1. The van der Waals surface area contributed by atoms with Crippen molar-refractivity contribution in [3.8, 4) is 0 Å². The van der Waals surface area contributed by atoms with E-state index in [4.69, 9.17) is 16.3 Å². The highest BCUT2D eigenvalue weighted by Gasteiger charge is 2.41. The molecule has 2 saturated heterocycles. The molecule has 23 heavy (non-hydrogen) atoms. The zero-order chi connectivity index (χ0) is 15.6. The maximum Gasteiger partial charge on any atom is 0.151 e. The molecule has 3 heterocycles. The molecule has 2 atom stereocenters. The summed E-state index contributed by atoms with van der Waals surface area (Å²) >= 11 is 5.79. The number of ether oxygens (including phenoxy) is 1. The molecule has 1 N–H and O–H groups in total. The third kappa shape index (κ3) is 3.78. The summed E-state index contributed by atoms with van der Waals surface area (Å²) in [6.07, 6.45) is 4.98. The van der Waals surface area contributed by atoms with Crippen molar-refractivity contribution >= 4 is 17.4 Å². The van der Waals surface area contributed by atoms with Crippen molar-refractivity contribution in [1.82, 2.24) is 15.1 Å². The summed E-state index contributed by atoms with van der Waals surface area (Å²) in [4.78, 5) is 2.70. The van der Waals surface area contributed by atoms with Crippen LogP contribution in [-0.2, 0) is 4.74 Å². The van der Waals surface area contributed by atoms with E-state index in [1.165, 1.54) is 45.3 Å². The summed E-state index contributed by atoms with van der Waals surface area (Å²) in [5.41, 5.74) is 0. The molecule has 1 aromatic heterocycles. The van der Waals surface area contributed by atoms with E-state index in [0.29, 0.717) is 11.2 Å². The van der Waals surface area contributed by atoms with Crippen LogP contribution in [0.4, 0.5) is 5.82 Å². The van der Waals surface area contributed by atoms with E-state index in [1.54, 1.807) is 6.07 Å². The van der Waals surface area contributed by atoms with Gasteiger partial charge in [-0.2, -0.15) is 0 Å². The quantitative estimate of drug-likeness (QED) is 0.916. The molecule has 5 nitrogen and oxygen atoms in total. The highest BCUT2D eigenvalue weighted by molar-refractivity contribution is 6.29. The number of nitrogens with zero attached hydrogens (tertiary/aromatic N) is 3. The lowest BCUT2D eigenvalue weighted by Gasteiger charge is -2.27.